The molecule has 0 spiro atoms. The molecule has 0 radical (unpaired) electrons. The van der Waals surface area contributed by atoms with Crippen LogP contribution in [0.15, 0.2) is 18.2 Å². The Bertz CT molecular complexity index is 443. The lowest BCUT2D eigenvalue weighted by atomic mass is 10.0. The van der Waals surface area contributed by atoms with Gasteiger partial charge in [0.2, 0.25) is 0 Å². The van der Waals surface area contributed by atoms with Crippen LogP contribution >= 0.6 is 0 Å². The fourth-order valence-corrected chi connectivity index (χ4v) is 1.82. The molecule has 0 aromatic heterocycles. The highest BCUT2D eigenvalue weighted by atomic mass is 16.5. The zero-order valence-corrected chi connectivity index (χ0v) is 11.6. The van der Waals surface area contributed by atoms with Crippen molar-refractivity contribution < 1.29 is 19.7 Å². The lowest BCUT2D eigenvalue weighted by Gasteiger charge is -2.23. The maximum atomic E-state index is 11.9. The Morgan fingerprint density at radius 2 is 2.16 bits per heavy atom. The number of carbonyl (C=O) groups is 1. The number of hydrogen-bond donors (Lipinski definition) is 3. The molecule has 0 aliphatic heterocycles. The first-order valence-electron chi connectivity index (χ1n) is 6.27. The molecule has 0 heterocycles. The Balaban J connectivity index is 2.73. The quantitative estimate of drug-likeness (QED) is 0.732. The van der Waals surface area contributed by atoms with E-state index in [-0.39, 0.29) is 17.9 Å². The number of aromatic hydroxyl groups is 1. The average Bonchev–Trinajstić information content (AvgIpc) is 2.36. The van der Waals surface area contributed by atoms with E-state index >= 15 is 0 Å². The van der Waals surface area contributed by atoms with Crippen LogP contribution in [0.2, 0.25) is 0 Å². The molecular formula is C14H21NO4. The monoisotopic (exact) mass is 267 g/mol. The summed E-state index contributed by atoms with van der Waals surface area (Å²) in [6.07, 6.45) is 1.42. The van der Waals surface area contributed by atoms with Gasteiger partial charge in [-0.25, -0.2) is 0 Å². The highest BCUT2D eigenvalue weighted by Gasteiger charge is 2.21. The van der Waals surface area contributed by atoms with Gasteiger partial charge in [0.05, 0.1) is 18.3 Å². The number of benzene rings is 1. The largest absolute Gasteiger partial charge is 0.507 e. The third kappa shape index (κ3) is 4.44. The molecule has 1 unspecified atom stereocenters. The second-order valence-electron chi connectivity index (χ2n) is 4.81. The zero-order chi connectivity index (χ0) is 14.5. The third-order valence-electron chi connectivity index (χ3n) is 2.87. The SMILES string of the molecule is CCCC(C)(O)CNC(=O)c1cc(OC)ccc1O. The van der Waals surface area contributed by atoms with Gasteiger partial charge in [0.1, 0.15) is 11.5 Å². The van der Waals surface area contributed by atoms with E-state index in [9.17, 15) is 15.0 Å². The Kier molecular flexibility index (Phi) is 5.18. The first-order valence-corrected chi connectivity index (χ1v) is 6.27. The number of phenolic OH excluding ortho intramolecular Hbond substituents is 1. The molecule has 0 saturated heterocycles. The van der Waals surface area contributed by atoms with Crippen LogP contribution in [0.1, 0.15) is 37.0 Å². The van der Waals surface area contributed by atoms with E-state index in [1.54, 1.807) is 13.0 Å². The summed E-state index contributed by atoms with van der Waals surface area (Å²) in [6, 6.07) is 4.43. The van der Waals surface area contributed by atoms with Crippen molar-refractivity contribution in [1.29, 1.82) is 0 Å². The van der Waals surface area contributed by atoms with E-state index < -0.39 is 11.5 Å². The van der Waals surface area contributed by atoms with Crippen molar-refractivity contribution in [3.05, 3.63) is 23.8 Å². The second-order valence-corrected chi connectivity index (χ2v) is 4.81. The molecule has 0 bridgehead atoms. The molecule has 0 saturated carbocycles. The van der Waals surface area contributed by atoms with E-state index in [4.69, 9.17) is 4.74 Å². The van der Waals surface area contributed by atoms with E-state index in [0.717, 1.165) is 6.42 Å². The van der Waals surface area contributed by atoms with Crippen molar-refractivity contribution in [2.24, 2.45) is 0 Å². The van der Waals surface area contributed by atoms with Crippen molar-refractivity contribution in [3.8, 4) is 11.5 Å². The van der Waals surface area contributed by atoms with Gasteiger partial charge in [-0.3, -0.25) is 4.79 Å². The fraction of sp³-hybridized carbons (Fsp3) is 0.500. The van der Waals surface area contributed by atoms with E-state index in [0.29, 0.717) is 12.2 Å². The summed E-state index contributed by atoms with van der Waals surface area (Å²) in [4.78, 5) is 11.9. The number of rotatable bonds is 6. The molecule has 1 amide bonds. The Morgan fingerprint density at radius 3 is 2.74 bits per heavy atom. The highest BCUT2D eigenvalue weighted by molar-refractivity contribution is 5.97. The van der Waals surface area contributed by atoms with Crippen LogP contribution in [0, 0.1) is 0 Å². The number of aliphatic hydroxyl groups is 1. The topological polar surface area (TPSA) is 78.8 Å². The van der Waals surface area contributed by atoms with Crippen LogP contribution in [0.4, 0.5) is 0 Å². The van der Waals surface area contributed by atoms with Gasteiger partial charge < -0.3 is 20.3 Å². The van der Waals surface area contributed by atoms with Crippen LogP contribution in [-0.2, 0) is 0 Å². The zero-order valence-electron chi connectivity index (χ0n) is 11.6. The van der Waals surface area contributed by atoms with E-state index in [1.165, 1.54) is 19.2 Å². The van der Waals surface area contributed by atoms with Crippen LogP contribution in [0.25, 0.3) is 0 Å². The van der Waals surface area contributed by atoms with E-state index in [2.05, 4.69) is 5.32 Å². The van der Waals surface area contributed by atoms with Gasteiger partial charge in [-0.15, -0.1) is 0 Å². The third-order valence-corrected chi connectivity index (χ3v) is 2.87. The fourth-order valence-electron chi connectivity index (χ4n) is 1.82. The van der Waals surface area contributed by atoms with Crippen LogP contribution < -0.4 is 10.1 Å². The molecule has 1 aromatic rings. The summed E-state index contributed by atoms with van der Waals surface area (Å²) in [5, 5.41) is 22.2. The summed E-state index contributed by atoms with van der Waals surface area (Å²) in [5.74, 6) is -0.0653. The first kappa shape index (κ1) is 15.3. The Hall–Kier alpha value is -1.75. The van der Waals surface area contributed by atoms with Gasteiger partial charge in [-0.1, -0.05) is 13.3 Å². The molecule has 19 heavy (non-hydrogen) atoms. The van der Waals surface area contributed by atoms with Crippen molar-refractivity contribution in [1.82, 2.24) is 5.32 Å². The van der Waals surface area contributed by atoms with Gasteiger partial charge in [0.15, 0.2) is 0 Å². The smallest absolute Gasteiger partial charge is 0.255 e. The van der Waals surface area contributed by atoms with Crippen LogP contribution in [0.5, 0.6) is 11.5 Å². The minimum atomic E-state index is -0.946. The lowest BCUT2D eigenvalue weighted by Crippen LogP contribution is -2.40. The summed E-state index contributed by atoms with van der Waals surface area (Å²) in [7, 11) is 1.49. The molecule has 1 aromatic carbocycles. The average molecular weight is 267 g/mol. The predicted molar refractivity (Wildman–Crippen MR) is 72.5 cm³/mol. The molecule has 0 fully saturated rings. The summed E-state index contributed by atoms with van der Waals surface area (Å²) < 4.78 is 5.00. The maximum Gasteiger partial charge on any atom is 0.255 e. The first-order chi connectivity index (χ1) is 8.89. The normalized spacial score (nSPS) is 13.7. The van der Waals surface area contributed by atoms with Gasteiger partial charge in [0, 0.05) is 6.54 Å². The standard InChI is InChI=1S/C14H21NO4/c1-4-7-14(2,18)9-15-13(17)11-8-10(19-3)5-6-12(11)16/h5-6,8,16,18H,4,7,9H2,1-3H3,(H,15,17). The highest BCUT2D eigenvalue weighted by Crippen LogP contribution is 2.22. The number of amides is 1. The Labute approximate surface area is 113 Å². The van der Waals surface area contributed by atoms with Gasteiger partial charge in [0.25, 0.3) is 5.91 Å². The van der Waals surface area contributed by atoms with Gasteiger partial charge >= 0.3 is 0 Å². The number of carbonyl (C=O) groups excluding carboxylic acids is 1. The number of hydrogen-bond acceptors (Lipinski definition) is 4. The molecule has 1 atom stereocenters. The van der Waals surface area contributed by atoms with Crippen LogP contribution in [0.3, 0.4) is 0 Å². The predicted octanol–water partition coefficient (Wildman–Crippen LogP) is 1.68. The number of phenols is 1. The molecule has 5 nitrogen and oxygen atoms in total. The number of nitrogens with one attached hydrogen (secondary N) is 1. The lowest BCUT2D eigenvalue weighted by molar-refractivity contribution is 0.0469. The van der Waals surface area contributed by atoms with E-state index in [1.807, 2.05) is 6.92 Å². The van der Waals surface area contributed by atoms with Crippen LogP contribution in [-0.4, -0.2) is 35.4 Å². The molecule has 3 N–H and O–H groups in total. The number of ether oxygens (including phenoxy) is 1. The molecular weight excluding hydrogens is 246 g/mol. The summed E-state index contributed by atoms with van der Waals surface area (Å²) in [6.45, 7) is 3.77. The molecule has 1 rings (SSSR count). The molecule has 5 heteroatoms. The van der Waals surface area contributed by atoms with Crippen molar-refractivity contribution in [2.75, 3.05) is 13.7 Å². The Morgan fingerprint density at radius 1 is 1.47 bits per heavy atom. The summed E-state index contributed by atoms with van der Waals surface area (Å²) >= 11 is 0. The van der Waals surface area contributed by atoms with Gasteiger partial charge in [-0.05, 0) is 31.5 Å². The maximum absolute atomic E-state index is 11.9. The minimum absolute atomic E-state index is 0.117. The second kappa shape index (κ2) is 6.43. The molecule has 0 aliphatic carbocycles. The van der Waals surface area contributed by atoms with Crippen molar-refractivity contribution in [3.63, 3.8) is 0 Å². The summed E-state index contributed by atoms with van der Waals surface area (Å²) in [5.41, 5.74) is -0.814. The van der Waals surface area contributed by atoms with Crippen molar-refractivity contribution in [2.45, 2.75) is 32.3 Å². The van der Waals surface area contributed by atoms with Crippen molar-refractivity contribution >= 4 is 5.91 Å². The number of methoxy groups -OCH3 is 1. The molecule has 0 aliphatic rings. The minimum Gasteiger partial charge on any atom is -0.507 e. The molecule has 106 valence electrons. The van der Waals surface area contributed by atoms with Gasteiger partial charge in [-0.2, -0.15) is 0 Å².